The van der Waals surface area contributed by atoms with Gasteiger partial charge in [-0.05, 0) is 12.1 Å². The largest absolute Gasteiger partial charge is 0.505 e. The number of para-hydroxylation sites is 1. The molecule has 2 aromatic rings. The van der Waals surface area contributed by atoms with Gasteiger partial charge in [-0.15, -0.1) is 0 Å². The van der Waals surface area contributed by atoms with Crippen LogP contribution in [0.3, 0.4) is 0 Å². The Balaban J connectivity index is 2.89. The average Bonchev–Trinajstić information content (AvgIpc) is 2.09. The molecule has 0 bridgehead atoms. The summed E-state index contributed by atoms with van der Waals surface area (Å²) in [6.07, 6.45) is 0. The monoisotopic (exact) mass is 213 g/mol. The second-order valence-corrected chi connectivity index (χ2v) is 3.38. The maximum Gasteiger partial charge on any atom is 0.171 e. The van der Waals surface area contributed by atoms with Crippen molar-refractivity contribution >= 4 is 34.1 Å². The maximum atomic E-state index is 9.27. The van der Waals surface area contributed by atoms with E-state index in [0.717, 1.165) is 5.39 Å². The van der Waals surface area contributed by atoms with E-state index in [1.165, 1.54) is 6.07 Å². The molecule has 0 aliphatic heterocycles. The molecule has 0 aliphatic rings. The van der Waals surface area contributed by atoms with Gasteiger partial charge in [0.1, 0.15) is 0 Å². The second-order valence-electron chi connectivity index (χ2n) is 2.61. The fourth-order valence-electron chi connectivity index (χ4n) is 1.13. The molecule has 0 radical (unpaired) electrons. The topological polar surface area (TPSA) is 33.1 Å². The van der Waals surface area contributed by atoms with E-state index >= 15 is 0 Å². The Morgan fingerprint density at radius 3 is 2.77 bits per heavy atom. The van der Waals surface area contributed by atoms with Gasteiger partial charge >= 0.3 is 0 Å². The van der Waals surface area contributed by atoms with Crippen molar-refractivity contribution in [3.63, 3.8) is 0 Å². The third kappa shape index (κ3) is 1.43. The molecule has 0 saturated heterocycles. The van der Waals surface area contributed by atoms with Crippen LogP contribution in [0.25, 0.3) is 10.9 Å². The average molecular weight is 214 g/mol. The molecule has 66 valence electrons. The molecular formula is C9H5Cl2NO. The first-order chi connectivity index (χ1) is 6.18. The zero-order valence-electron chi connectivity index (χ0n) is 6.46. The van der Waals surface area contributed by atoms with E-state index in [1.54, 1.807) is 12.1 Å². The first-order valence-electron chi connectivity index (χ1n) is 3.62. The molecule has 0 aliphatic carbocycles. The van der Waals surface area contributed by atoms with Gasteiger partial charge in [-0.1, -0.05) is 35.3 Å². The van der Waals surface area contributed by atoms with Crippen molar-refractivity contribution in [1.82, 2.24) is 4.98 Å². The van der Waals surface area contributed by atoms with Gasteiger partial charge in [0.15, 0.2) is 10.9 Å². The Kier molecular flexibility index (Phi) is 2.02. The zero-order valence-corrected chi connectivity index (χ0v) is 7.97. The number of aromatic nitrogens is 1. The Labute approximate surface area is 84.7 Å². The minimum absolute atomic E-state index is 0.0311. The third-order valence-corrected chi connectivity index (χ3v) is 2.31. The van der Waals surface area contributed by atoms with Crippen LogP contribution in [0.2, 0.25) is 10.2 Å². The summed E-state index contributed by atoms with van der Waals surface area (Å²) in [6.45, 7) is 0. The molecule has 0 saturated carbocycles. The number of halogens is 2. The lowest BCUT2D eigenvalue weighted by Crippen LogP contribution is -1.81. The second kappa shape index (κ2) is 3.05. The van der Waals surface area contributed by atoms with E-state index in [0.29, 0.717) is 10.5 Å². The molecule has 1 aromatic heterocycles. The maximum absolute atomic E-state index is 9.27. The molecule has 0 spiro atoms. The van der Waals surface area contributed by atoms with Crippen molar-refractivity contribution in [2.45, 2.75) is 0 Å². The molecule has 2 rings (SSSR count). The Hall–Kier alpha value is -0.990. The highest BCUT2D eigenvalue weighted by atomic mass is 35.5. The first kappa shape index (κ1) is 8.60. The summed E-state index contributed by atoms with van der Waals surface area (Å²) in [6, 6.07) is 6.87. The van der Waals surface area contributed by atoms with E-state index in [-0.39, 0.29) is 10.9 Å². The predicted octanol–water partition coefficient (Wildman–Crippen LogP) is 3.25. The molecule has 0 atom stereocenters. The van der Waals surface area contributed by atoms with Crippen LogP contribution in [0.5, 0.6) is 5.75 Å². The van der Waals surface area contributed by atoms with Crippen LogP contribution in [0.1, 0.15) is 0 Å². The number of rotatable bonds is 0. The molecular weight excluding hydrogens is 209 g/mol. The predicted molar refractivity (Wildman–Crippen MR) is 53.4 cm³/mol. The third-order valence-electron chi connectivity index (χ3n) is 1.73. The van der Waals surface area contributed by atoms with Gasteiger partial charge < -0.3 is 5.11 Å². The van der Waals surface area contributed by atoms with Crippen LogP contribution in [0.4, 0.5) is 0 Å². The van der Waals surface area contributed by atoms with Gasteiger partial charge in [-0.2, -0.15) is 0 Å². The number of aromatic hydroxyl groups is 1. The summed E-state index contributed by atoms with van der Waals surface area (Å²) in [5.41, 5.74) is 0.604. The summed E-state index contributed by atoms with van der Waals surface area (Å²) < 4.78 is 0. The molecule has 2 nitrogen and oxygen atoms in total. The van der Waals surface area contributed by atoms with Crippen molar-refractivity contribution in [3.8, 4) is 5.75 Å². The highest BCUT2D eigenvalue weighted by molar-refractivity contribution is 6.36. The number of nitrogens with zero attached hydrogens (tertiary/aromatic N) is 1. The lowest BCUT2D eigenvalue weighted by Gasteiger charge is -2.01. The summed E-state index contributed by atoms with van der Waals surface area (Å²) >= 11 is 11.5. The molecule has 4 heteroatoms. The van der Waals surface area contributed by atoms with Crippen LogP contribution in [0, 0.1) is 0 Å². The van der Waals surface area contributed by atoms with Gasteiger partial charge in [0.05, 0.1) is 10.5 Å². The van der Waals surface area contributed by atoms with Crippen LogP contribution in [-0.4, -0.2) is 10.1 Å². The minimum atomic E-state index is -0.0311. The number of pyridine rings is 1. The molecule has 13 heavy (non-hydrogen) atoms. The molecule has 1 aromatic carbocycles. The van der Waals surface area contributed by atoms with Crippen LogP contribution >= 0.6 is 23.2 Å². The normalized spacial score (nSPS) is 10.6. The molecule has 1 N–H and O–H groups in total. The van der Waals surface area contributed by atoms with Gasteiger partial charge in [-0.3, -0.25) is 0 Å². The van der Waals surface area contributed by atoms with Crippen molar-refractivity contribution in [2.24, 2.45) is 0 Å². The highest BCUT2D eigenvalue weighted by Gasteiger charge is 2.05. The molecule has 1 heterocycles. The van der Waals surface area contributed by atoms with Gasteiger partial charge in [0, 0.05) is 5.39 Å². The summed E-state index contributed by atoms with van der Waals surface area (Å²) in [7, 11) is 0. The number of fused-ring (bicyclic) bond motifs is 1. The van der Waals surface area contributed by atoms with E-state index < -0.39 is 0 Å². The van der Waals surface area contributed by atoms with Crippen molar-refractivity contribution < 1.29 is 5.11 Å². The highest BCUT2D eigenvalue weighted by Crippen LogP contribution is 2.29. The van der Waals surface area contributed by atoms with E-state index in [9.17, 15) is 5.11 Å². The van der Waals surface area contributed by atoms with Gasteiger partial charge in [0.25, 0.3) is 0 Å². The summed E-state index contributed by atoms with van der Waals surface area (Å²) in [5, 5.41) is 10.6. The van der Waals surface area contributed by atoms with Crippen molar-refractivity contribution in [3.05, 3.63) is 34.4 Å². The number of hydrogen-bond donors (Lipinski definition) is 1. The number of benzene rings is 1. The van der Waals surface area contributed by atoms with Crippen LogP contribution in [-0.2, 0) is 0 Å². The smallest absolute Gasteiger partial charge is 0.171 e. The Bertz CT molecular complexity index is 470. The van der Waals surface area contributed by atoms with Crippen molar-refractivity contribution in [1.29, 1.82) is 0 Å². The zero-order chi connectivity index (χ0) is 9.42. The summed E-state index contributed by atoms with van der Waals surface area (Å²) in [4.78, 5) is 3.96. The lowest BCUT2D eigenvalue weighted by atomic mass is 10.2. The fourth-order valence-corrected chi connectivity index (χ4v) is 1.49. The van der Waals surface area contributed by atoms with E-state index in [4.69, 9.17) is 23.2 Å². The van der Waals surface area contributed by atoms with Gasteiger partial charge in [-0.25, -0.2) is 4.98 Å². The van der Waals surface area contributed by atoms with Crippen LogP contribution < -0.4 is 0 Å². The minimum Gasteiger partial charge on any atom is -0.505 e. The molecule has 0 amide bonds. The van der Waals surface area contributed by atoms with Crippen molar-refractivity contribution in [2.75, 3.05) is 0 Å². The lowest BCUT2D eigenvalue weighted by molar-refractivity contribution is 0.474. The first-order valence-corrected chi connectivity index (χ1v) is 4.38. The standard InChI is InChI=1S/C9H5Cl2NO/c10-6-3-1-2-5-4-7(13)9(11)12-8(5)6/h1-4,13H. The van der Waals surface area contributed by atoms with Gasteiger partial charge in [0.2, 0.25) is 0 Å². The van der Waals surface area contributed by atoms with E-state index in [1.807, 2.05) is 6.07 Å². The molecule has 0 fully saturated rings. The SMILES string of the molecule is Oc1cc2cccc(Cl)c2nc1Cl. The number of hydrogen-bond acceptors (Lipinski definition) is 2. The van der Waals surface area contributed by atoms with E-state index in [2.05, 4.69) is 4.98 Å². The summed E-state index contributed by atoms with van der Waals surface area (Å²) in [5.74, 6) is -0.0311. The Morgan fingerprint density at radius 2 is 2.00 bits per heavy atom. The van der Waals surface area contributed by atoms with Crippen LogP contribution in [0.15, 0.2) is 24.3 Å². The fraction of sp³-hybridized carbons (Fsp3) is 0. The quantitative estimate of drug-likeness (QED) is 0.682. The Morgan fingerprint density at radius 1 is 1.23 bits per heavy atom. The molecule has 0 unspecified atom stereocenters.